The molecular formula is C12H17NO3. The molecule has 1 rings (SSSR count). The first-order chi connectivity index (χ1) is 7.52. The fraction of sp³-hybridized carbons (Fsp3) is 0.417. The number of carbonyl (C=O) groups is 1. The number of aliphatic hydroxyl groups is 1. The third-order valence-electron chi connectivity index (χ3n) is 2.34. The van der Waals surface area contributed by atoms with E-state index in [0.29, 0.717) is 6.54 Å². The van der Waals surface area contributed by atoms with E-state index in [0.717, 1.165) is 5.56 Å². The molecule has 0 saturated heterocycles. The molecule has 1 aromatic carbocycles. The molecule has 0 aliphatic rings. The van der Waals surface area contributed by atoms with Crippen molar-refractivity contribution >= 4 is 5.97 Å². The number of likely N-dealkylation sites (N-methyl/N-ethyl adjacent to an activating group) is 1. The molecule has 4 nitrogen and oxygen atoms in total. The Balaban J connectivity index is 2.88. The first-order valence-corrected chi connectivity index (χ1v) is 5.18. The van der Waals surface area contributed by atoms with Crippen LogP contribution < -0.4 is 0 Å². The van der Waals surface area contributed by atoms with Crippen LogP contribution in [0, 0.1) is 0 Å². The summed E-state index contributed by atoms with van der Waals surface area (Å²) < 4.78 is 0. The first kappa shape index (κ1) is 12.7. The molecule has 0 aromatic heterocycles. The van der Waals surface area contributed by atoms with Gasteiger partial charge >= 0.3 is 5.97 Å². The largest absolute Gasteiger partial charge is 0.480 e. The lowest BCUT2D eigenvalue weighted by atomic mass is 10.1. The molecule has 2 atom stereocenters. The van der Waals surface area contributed by atoms with Crippen molar-refractivity contribution in [2.45, 2.75) is 19.1 Å². The van der Waals surface area contributed by atoms with Gasteiger partial charge in [0.05, 0.1) is 6.10 Å². The summed E-state index contributed by atoms with van der Waals surface area (Å²) in [7, 11) is 1.69. The number of benzene rings is 1. The van der Waals surface area contributed by atoms with Gasteiger partial charge in [0.1, 0.15) is 6.04 Å². The summed E-state index contributed by atoms with van der Waals surface area (Å²) >= 11 is 0. The monoisotopic (exact) mass is 223 g/mol. The van der Waals surface area contributed by atoms with Crippen molar-refractivity contribution in [3.8, 4) is 0 Å². The van der Waals surface area contributed by atoms with Crippen molar-refractivity contribution in [2.75, 3.05) is 13.6 Å². The average molecular weight is 223 g/mol. The topological polar surface area (TPSA) is 60.8 Å². The fourth-order valence-corrected chi connectivity index (χ4v) is 1.74. The predicted octanol–water partition coefficient (Wildman–Crippen LogP) is 1.12. The number of aliphatic carboxylic acids is 1. The second-order valence-corrected chi connectivity index (χ2v) is 3.94. The molecule has 0 amide bonds. The van der Waals surface area contributed by atoms with E-state index in [1.165, 1.54) is 0 Å². The smallest absolute Gasteiger partial charge is 0.325 e. The van der Waals surface area contributed by atoms with Gasteiger partial charge in [0.2, 0.25) is 0 Å². The van der Waals surface area contributed by atoms with E-state index in [9.17, 15) is 15.0 Å². The van der Waals surface area contributed by atoms with E-state index < -0.39 is 18.1 Å². The van der Waals surface area contributed by atoms with Gasteiger partial charge in [-0.1, -0.05) is 30.3 Å². The van der Waals surface area contributed by atoms with Gasteiger partial charge in [0, 0.05) is 6.54 Å². The van der Waals surface area contributed by atoms with Crippen LogP contribution in [-0.4, -0.2) is 40.8 Å². The highest BCUT2D eigenvalue weighted by Gasteiger charge is 2.24. The normalized spacial score (nSPS) is 14.8. The van der Waals surface area contributed by atoms with Gasteiger partial charge in [-0.2, -0.15) is 0 Å². The lowest BCUT2D eigenvalue weighted by molar-refractivity contribution is -0.143. The first-order valence-electron chi connectivity index (χ1n) is 5.18. The zero-order valence-corrected chi connectivity index (χ0v) is 9.50. The van der Waals surface area contributed by atoms with Crippen LogP contribution in [-0.2, 0) is 4.79 Å². The highest BCUT2D eigenvalue weighted by molar-refractivity contribution is 5.75. The summed E-state index contributed by atoms with van der Waals surface area (Å²) in [5.74, 6) is -0.908. The molecule has 2 N–H and O–H groups in total. The summed E-state index contributed by atoms with van der Waals surface area (Å²) in [5.41, 5.74) is 0.721. The van der Waals surface area contributed by atoms with Crippen LogP contribution in [0.4, 0.5) is 0 Å². The van der Waals surface area contributed by atoms with Crippen LogP contribution >= 0.6 is 0 Å². The molecule has 0 aliphatic heterocycles. The number of carboxylic acids is 1. The molecule has 0 spiro atoms. The van der Waals surface area contributed by atoms with Crippen molar-refractivity contribution in [1.82, 2.24) is 4.90 Å². The number of hydrogen-bond acceptors (Lipinski definition) is 3. The third kappa shape index (κ3) is 3.32. The number of rotatable bonds is 5. The SMILES string of the molecule is CC(O)CN(C)C(C(=O)O)c1ccccc1. The standard InChI is InChI=1S/C12H17NO3/c1-9(14)8-13(2)11(12(15)16)10-6-4-3-5-7-10/h3-7,9,11,14H,8H2,1-2H3,(H,15,16). The molecule has 0 heterocycles. The van der Waals surface area contributed by atoms with Gasteiger partial charge in [-0.25, -0.2) is 0 Å². The van der Waals surface area contributed by atoms with Crippen molar-refractivity contribution in [3.05, 3.63) is 35.9 Å². The zero-order valence-electron chi connectivity index (χ0n) is 9.50. The average Bonchev–Trinajstić information content (AvgIpc) is 2.17. The van der Waals surface area contributed by atoms with Gasteiger partial charge in [-0.3, -0.25) is 9.69 Å². The van der Waals surface area contributed by atoms with Crippen LogP contribution in [0.1, 0.15) is 18.5 Å². The molecule has 1 aromatic rings. The Kier molecular flexibility index (Phi) is 4.46. The summed E-state index contributed by atoms with van der Waals surface area (Å²) in [6.45, 7) is 1.96. The molecule has 16 heavy (non-hydrogen) atoms. The molecular weight excluding hydrogens is 206 g/mol. The number of nitrogens with zero attached hydrogens (tertiary/aromatic N) is 1. The van der Waals surface area contributed by atoms with Crippen molar-refractivity contribution < 1.29 is 15.0 Å². The Bertz CT molecular complexity index is 337. The summed E-state index contributed by atoms with van der Waals surface area (Å²) in [5, 5.41) is 18.5. The van der Waals surface area contributed by atoms with Crippen LogP contribution in [0.5, 0.6) is 0 Å². The Hall–Kier alpha value is -1.39. The highest BCUT2D eigenvalue weighted by atomic mass is 16.4. The number of hydrogen-bond donors (Lipinski definition) is 2. The zero-order chi connectivity index (χ0) is 12.1. The van der Waals surface area contributed by atoms with E-state index in [1.807, 2.05) is 18.2 Å². The maximum Gasteiger partial charge on any atom is 0.325 e. The minimum Gasteiger partial charge on any atom is -0.480 e. The van der Waals surface area contributed by atoms with Crippen molar-refractivity contribution in [2.24, 2.45) is 0 Å². The molecule has 0 radical (unpaired) electrons. The highest BCUT2D eigenvalue weighted by Crippen LogP contribution is 2.19. The Morgan fingerprint density at radius 2 is 1.94 bits per heavy atom. The van der Waals surface area contributed by atoms with E-state index in [2.05, 4.69) is 0 Å². The second kappa shape index (κ2) is 5.63. The van der Waals surface area contributed by atoms with Gasteiger partial charge in [-0.15, -0.1) is 0 Å². The Morgan fingerprint density at radius 3 is 2.38 bits per heavy atom. The van der Waals surface area contributed by atoms with Gasteiger partial charge < -0.3 is 10.2 Å². The minimum absolute atomic E-state index is 0.325. The number of carboxylic acid groups (broad SMARTS) is 1. The fourth-order valence-electron chi connectivity index (χ4n) is 1.74. The Morgan fingerprint density at radius 1 is 1.38 bits per heavy atom. The van der Waals surface area contributed by atoms with Crippen LogP contribution in [0.3, 0.4) is 0 Å². The third-order valence-corrected chi connectivity index (χ3v) is 2.34. The van der Waals surface area contributed by atoms with Crippen LogP contribution in [0.15, 0.2) is 30.3 Å². The molecule has 2 unspecified atom stereocenters. The quantitative estimate of drug-likeness (QED) is 0.785. The Labute approximate surface area is 95.1 Å². The predicted molar refractivity (Wildman–Crippen MR) is 61.1 cm³/mol. The van der Waals surface area contributed by atoms with Crippen LogP contribution in [0.25, 0.3) is 0 Å². The molecule has 0 fully saturated rings. The van der Waals surface area contributed by atoms with Crippen molar-refractivity contribution in [3.63, 3.8) is 0 Å². The lowest BCUT2D eigenvalue weighted by Crippen LogP contribution is -2.35. The van der Waals surface area contributed by atoms with E-state index in [-0.39, 0.29) is 0 Å². The maximum absolute atomic E-state index is 11.2. The molecule has 88 valence electrons. The summed E-state index contributed by atoms with van der Waals surface area (Å²) in [4.78, 5) is 12.8. The van der Waals surface area contributed by atoms with Gasteiger partial charge in [-0.05, 0) is 19.5 Å². The van der Waals surface area contributed by atoms with Gasteiger partial charge in [0.25, 0.3) is 0 Å². The molecule has 4 heteroatoms. The minimum atomic E-state index is -0.908. The lowest BCUT2D eigenvalue weighted by Gasteiger charge is -2.25. The van der Waals surface area contributed by atoms with E-state index >= 15 is 0 Å². The summed E-state index contributed by atoms with van der Waals surface area (Å²) in [6.07, 6.45) is -0.546. The molecule has 0 bridgehead atoms. The summed E-state index contributed by atoms with van der Waals surface area (Å²) in [6, 6.07) is 8.30. The maximum atomic E-state index is 11.2. The number of aliphatic hydroxyl groups excluding tert-OH is 1. The molecule has 0 saturated carbocycles. The van der Waals surface area contributed by atoms with E-state index in [1.54, 1.807) is 31.0 Å². The van der Waals surface area contributed by atoms with E-state index in [4.69, 9.17) is 0 Å². The molecule has 0 aliphatic carbocycles. The van der Waals surface area contributed by atoms with Gasteiger partial charge in [0.15, 0.2) is 0 Å². The van der Waals surface area contributed by atoms with Crippen LogP contribution in [0.2, 0.25) is 0 Å². The second-order valence-electron chi connectivity index (χ2n) is 3.94. The van der Waals surface area contributed by atoms with Crippen molar-refractivity contribution in [1.29, 1.82) is 0 Å².